The predicted molar refractivity (Wildman–Crippen MR) is 63.8 cm³/mol. The zero-order valence-corrected chi connectivity index (χ0v) is 9.97. The first-order chi connectivity index (χ1) is 7.00. The van der Waals surface area contributed by atoms with Crippen LogP contribution in [0.2, 0.25) is 0 Å². The van der Waals surface area contributed by atoms with Crippen LogP contribution < -0.4 is 5.32 Å². The smallest absolute Gasteiger partial charge is 0.146 e. The Balaban J connectivity index is 2.75. The SMILES string of the molecule is CC(C)CNc1ccc(C(C)C)cc1F. The summed E-state index contributed by atoms with van der Waals surface area (Å²) in [5, 5.41) is 3.10. The molecule has 0 amide bonds. The summed E-state index contributed by atoms with van der Waals surface area (Å²) in [6.45, 7) is 9.14. The van der Waals surface area contributed by atoms with E-state index in [2.05, 4.69) is 33.0 Å². The fraction of sp³-hybridized carbons (Fsp3) is 0.538. The summed E-state index contributed by atoms with van der Waals surface area (Å²) < 4.78 is 13.6. The van der Waals surface area contributed by atoms with E-state index < -0.39 is 0 Å². The molecule has 0 unspecified atom stereocenters. The van der Waals surface area contributed by atoms with Crippen molar-refractivity contribution in [1.29, 1.82) is 0 Å². The summed E-state index contributed by atoms with van der Waals surface area (Å²) in [5.74, 6) is 0.745. The van der Waals surface area contributed by atoms with Crippen LogP contribution in [0.3, 0.4) is 0 Å². The van der Waals surface area contributed by atoms with Crippen LogP contribution in [0.1, 0.15) is 39.2 Å². The van der Waals surface area contributed by atoms with Crippen molar-refractivity contribution in [2.45, 2.75) is 33.6 Å². The van der Waals surface area contributed by atoms with Crippen LogP contribution in [-0.2, 0) is 0 Å². The largest absolute Gasteiger partial charge is 0.382 e. The fourth-order valence-electron chi connectivity index (χ4n) is 1.35. The molecule has 0 saturated heterocycles. The van der Waals surface area contributed by atoms with Gasteiger partial charge in [0, 0.05) is 6.54 Å². The van der Waals surface area contributed by atoms with E-state index in [4.69, 9.17) is 0 Å². The van der Waals surface area contributed by atoms with Gasteiger partial charge in [0.1, 0.15) is 5.82 Å². The molecule has 1 N–H and O–H groups in total. The molecule has 1 rings (SSSR count). The molecule has 0 spiro atoms. The lowest BCUT2D eigenvalue weighted by Gasteiger charge is -2.12. The van der Waals surface area contributed by atoms with Crippen LogP contribution in [0.15, 0.2) is 18.2 Å². The summed E-state index contributed by atoms with van der Waals surface area (Å²) in [7, 11) is 0. The molecule has 1 nitrogen and oxygen atoms in total. The van der Waals surface area contributed by atoms with Gasteiger partial charge in [-0.3, -0.25) is 0 Å². The minimum Gasteiger partial charge on any atom is -0.382 e. The molecule has 0 saturated carbocycles. The van der Waals surface area contributed by atoms with Crippen molar-refractivity contribution < 1.29 is 4.39 Å². The zero-order valence-electron chi connectivity index (χ0n) is 9.97. The Labute approximate surface area is 91.7 Å². The quantitative estimate of drug-likeness (QED) is 0.789. The number of rotatable bonds is 4. The predicted octanol–water partition coefficient (Wildman–Crippen LogP) is 4.02. The average Bonchev–Trinajstić information content (AvgIpc) is 2.15. The van der Waals surface area contributed by atoms with Crippen molar-refractivity contribution in [3.8, 4) is 0 Å². The molecule has 0 atom stereocenters. The molecule has 1 aromatic rings. The Bertz CT molecular complexity index is 318. The highest BCUT2D eigenvalue weighted by atomic mass is 19.1. The highest BCUT2D eigenvalue weighted by molar-refractivity contribution is 5.46. The molecular formula is C13H20FN. The zero-order chi connectivity index (χ0) is 11.4. The van der Waals surface area contributed by atoms with E-state index in [1.165, 1.54) is 0 Å². The molecule has 15 heavy (non-hydrogen) atoms. The summed E-state index contributed by atoms with van der Waals surface area (Å²) in [5.41, 5.74) is 1.65. The van der Waals surface area contributed by atoms with Crippen LogP contribution in [0.5, 0.6) is 0 Å². The van der Waals surface area contributed by atoms with Gasteiger partial charge in [0.25, 0.3) is 0 Å². The Morgan fingerprint density at radius 2 is 1.87 bits per heavy atom. The van der Waals surface area contributed by atoms with Gasteiger partial charge in [-0.05, 0) is 29.5 Å². The summed E-state index contributed by atoms with van der Waals surface area (Å²) >= 11 is 0. The van der Waals surface area contributed by atoms with Crippen LogP contribution in [0.4, 0.5) is 10.1 Å². The van der Waals surface area contributed by atoms with Crippen molar-refractivity contribution in [1.82, 2.24) is 0 Å². The maximum Gasteiger partial charge on any atom is 0.146 e. The molecule has 0 aliphatic carbocycles. The molecule has 0 bridgehead atoms. The van der Waals surface area contributed by atoms with Crippen LogP contribution in [0, 0.1) is 11.7 Å². The molecule has 1 aromatic carbocycles. The summed E-state index contributed by atoms with van der Waals surface area (Å²) in [6, 6.07) is 5.43. The van der Waals surface area contributed by atoms with Crippen molar-refractivity contribution in [2.24, 2.45) is 5.92 Å². The van der Waals surface area contributed by atoms with Gasteiger partial charge in [-0.2, -0.15) is 0 Å². The maximum atomic E-state index is 13.6. The third-order valence-corrected chi connectivity index (χ3v) is 2.36. The van der Waals surface area contributed by atoms with Gasteiger partial charge < -0.3 is 5.32 Å². The molecule has 0 heterocycles. The average molecular weight is 209 g/mol. The first-order valence-electron chi connectivity index (χ1n) is 5.54. The highest BCUT2D eigenvalue weighted by Crippen LogP contribution is 2.21. The van der Waals surface area contributed by atoms with Gasteiger partial charge in [0.15, 0.2) is 0 Å². The molecule has 84 valence electrons. The van der Waals surface area contributed by atoms with E-state index in [0.717, 1.165) is 12.1 Å². The Hall–Kier alpha value is -1.05. The van der Waals surface area contributed by atoms with E-state index >= 15 is 0 Å². The third-order valence-electron chi connectivity index (χ3n) is 2.36. The van der Waals surface area contributed by atoms with Gasteiger partial charge in [-0.15, -0.1) is 0 Å². The summed E-state index contributed by atoms with van der Waals surface area (Å²) in [4.78, 5) is 0. The van der Waals surface area contributed by atoms with E-state index in [1.54, 1.807) is 6.07 Å². The second-order valence-corrected chi connectivity index (χ2v) is 4.67. The van der Waals surface area contributed by atoms with Crippen molar-refractivity contribution in [3.63, 3.8) is 0 Å². The monoisotopic (exact) mass is 209 g/mol. The van der Waals surface area contributed by atoms with Crippen LogP contribution in [-0.4, -0.2) is 6.54 Å². The number of hydrogen-bond acceptors (Lipinski definition) is 1. The first-order valence-corrected chi connectivity index (χ1v) is 5.54. The molecule has 0 aliphatic rings. The third kappa shape index (κ3) is 3.54. The number of halogens is 1. The number of hydrogen-bond donors (Lipinski definition) is 1. The van der Waals surface area contributed by atoms with Crippen LogP contribution in [0.25, 0.3) is 0 Å². The second kappa shape index (κ2) is 5.15. The topological polar surface area (TPSA) is 12.0 Å². The normalized spacial score (nSPS) is 11.1. The van der Waals surface area contributed by atoms with Crippen LogP contribution >= 0.6 is 0 Å². The highest BCUT2D eigenvalue weighted by Gasteiger charge is 2.05. The van der Waals surface area contributed by atoms with Gasteiger partial charge in [0.05, 0.1) is 5.69 Å². The molecule has 0 aromatic heterocycles. The molecule has 2 heteroatoms. The van der Waals surface area contributed by atoms with Crippen molar-refractivity contribution >= 4 is 5.69 Å². The second-order valence-electron chi connectivity index (χ2n) is 4.67. The van der Waals surface area contributed by atoms with Gasteiger partial charge >= 0.3 is 0 Å². The Kier molecular flexibility index (Phi) is 4.13. The van der Waals surface area contributed by atoms with Gasteiger partial charge in [-0.25, -0.2) is 4.39 Å². The van der Waals surface area contributed by atoms with E-state index in [1.807, 2.05) is 12.1 Å². The lowest BCUT2D eigenvalue weighted by Crippen LogP contribution is -2.09. The first kappa shape index (κ1) is 12.0. The number of nitrogens with one attached hydrogen (secondary N) is 1. The van der Waals surface area contributed by atoms with Crippen molar-refractivity contribution in [2.75, 3.05) is 11.9 Å². The minimum atomic E-state index is -0.151. The van der Waals surface area contributed by atoms with Gasteiger partial charge in [0.2, 0.25) is 0 Å². The maximum absolute atomic E-state index is 13.6. The fourth-order valence-corrected chi connectivity index (χ4v) is 1.35. The molecule has 0 radical (unpaired) electrons. The molecule has 0 fully saturated rings. The minimum absolute atomic E-state index is 0.151. The van der Waals surface area contributed by atoms with E-state index in [-0.39, 0.29) is 5.82 Å². The molecule has 0 aliphatic heterocycles. The standard InChI is InChI=1S/C13H20FN/c1-9(2)8-15-13-6-5-11(10(3)4)7-12(13)14/h5-7,9-10,15H,8H2,1-4H3. The lowest BCUT2D eigenvalue weighted by molar-refractivity contribution is 0.620. The van der Waals surface area contributed by atoms with Crippen molar-refractivity contribution in [3.05, 3.63) is 29.6 Å². The number of anilines is 1. The van der Waals surface area contributed by atoms with Gasteiger partial charge in [-0.1, -0.05) is 33.8 Å². The van der Waals surface area contributed by atoms with E-state index in [9.17, 15) is 4.39 Å². The lowest BCUT2D eigenvalue weighted by atomic mass is 10.0. The molecular weight excluding hydrogens is 189 g/mol. The number of benzene rings is 1. The summed E-state index contributed by atoms with van der Waals surface area (Å²) in [6.07, 6.45) is 0. The van der Waals surface area contributed by atoms with E-state index in [0.29, 0.717) is 17.5 Å². The Morgan fingerprint density at radius 3 is 2.33 bits per heavy atom. The Morgan fingerprint density at radius 1 is 1.20 bits per heavy atom.